The molecule has 0 saturated heterocycles. The highest BCUT2D eigenvalue weighted by molar-refractivity contribution is 7.84. The summed E-state index contributed by atoms with van der Waals surface area (Å²) < 4.78 is 15.7. The summed E-state index contributed by atoms with van der Waals surface area (Å²) in [6.07, 6.45) is 2.74. The fourth-order valence-electron chi connectivity index (χ4n) is 1.24. The molecule has 5 nitrogen and oxygen atoms in total. The number of ether oxygens (including phenoxy) is 1. The van der Waals surface area contributed by atoms with Gasteiger partial charge >= 0.3 is 5.97 Å². The maximum Gasteiger partial charge on any atom is 0.311 e. The fourth-order valence-corrected chi connectivity index (χ4v) is 2.43. The lowest BCUT2D eigenvalue weighted by atomic mass is 10.3. The van der Waals surface area contributed by atoms with E-state index in [4.69, 9.17) is 0 Å². The molecule has 0 aliphatic rings. The number of thiazole rings is 1. The molecule has 1 aromatic rings. The smallest absolute Gasteiger partial charge is 0.311 e. The van der Waals surface area contributed by atoms with Gasteiger partial charge in [-0.2, -0.15) is 0 Å². The second kappa shape index (κ2) is 7.48. The molecule has 1 aromatic heterocycles. The summed E-state index contributed by atoms with van der Waals surface area (Å²) in [5.74, 6) is -0.290. The van der Waals surface area contributed by atoms with Crippen LogP contribution in [0.25, 0.3) is 0 Å². The predicted molar refractivity (Wildman–Crippen MR) is 74.5 cm³/mol. The zero-order valence-corrected chi connectivity index (χ0v) is 12.4. The van der Waals surface area contributed by atoms with Crippen molar-refractivity contribution in [2.45, 2.75) is 25.0 Å². The first-order chi connectivity index (χ1) is 8.52. The number of carbonyl (C=O) groups is 1. The Balaban J connectivity index is 2.35. The van der Waals surface area contributed by atoms with E-state index in [1.807, 2.05) is 12.3 Å². The van der Waals surface area contributed by atoms with Crippen LogP contribution in [0.2, 0.25) is 0 Å². The zero-order valence-electron chi connectivity index (χ0n) is 10.8. The molecule has 0 spiro atoms. The maximum atomic E-state index is 11.2. The van der Waals surface area contributed by atoms with E-state index in [0.717, 1.165) is 18.1 Å². The third kappa shape index (κ3) is 5.14. The number of carbonyl (C=O) groups excluding carboxylic acids is 1. The van der Waals surface area contributed by atoms with Crippen LogP contribution in [0.4, 0.5) is 5.13 Å². The Labute approximate surface area is 113 Å². The molecule has 7 heteroatoms. The van der Waals surface area contributed by atoms with Crippen molar-refractivity contribution in [1.29, 1.82) is 0 Å². The first-order valence-corrected chi connectivity index (χ1v) is 8.10. The molecule has 1 N–H and O–H groups in total. The molecule has 2 atom stereocenters. The minimum Gasteiger partial charge on any atom is -0.469 e. The quantitative estimate of drug-likeness (QED) is 0.769. The van der Waals surface area contributed by atoms with Gasteiger partial charge in [-0.1, -0.05) is 6.92 Å². The SMILES string of the molecule is COC(=O)Cc1csc(NCCC(C)S(C)=O)n1. The molecular weight excluding hydrogens is 272 g/mol. The van der Waals surface area contributed by atoms with Gasteiger partial charge < -0.3 is 10.1 Å². The van der Waals surface area contributed by atoms with Crippen LogP contribution in [0.15, 0.2) is 5.38 Å². The Hall–Kier alpha value is -0.950. The standard InChI is InChI=1S/C11H18N2O3S2/c1-8(18(3)15)4-5-12-11-13-9(7-17-11)6-10(14)16-2/h7-8H,4-6H2,1-3H3,(H,12,13). The summed E-state index contributed by atoms with van der Waals surface area (Å²) >= 11 is 1.46. The molecule has 2 unspecified atom stereocenters. The zero-order chi connectivity index (χ0) is 13.5. The van der Waals surface area contributed by atoms with E-state index < -0.39 is 10.8 Å². The van der Waals surface area contributed by atoms with Gasteiger partial charge in [0.05, 0.1) is 19.2 Å². The molecule has 0 radical (unpaired) electrons. The molecule has 0 aromatic carbocycles. The van der Waals surface area contributed by atoms with Crippen molar-refractivity contribution in [1.82, 2.24) is 4.98 Å². The summed E-state index contributed by atoms with van der Waals surface area (Å²) in [4.78, 5) is 15.3. The van der Waals surface area contributed by atoms with Crippen LogP contribution in [0.1, 0.15) is 19.0 Å². The van der Waals surface area contributed by atoms with Crippen LogP contribution in [0.3, 0.4) is 0 Å². The highest BCUT2D eigenvalue weighted by atomic mass is 32.2. The lowest BCUT2D eigenvalue weighted by Gasteiger charge is -2.07. The number of nitrogens with zero attached hydrogens (tertiary/aromatic N) is 1. The van der Waals surface area contributed by atoms with E-state index in [1.54, 1.807) is 6.26 Å². The van der Waals surface area contributed by atoms with Crippen LogP contribution in [0, 0.1) is 0 Å². The van der Waals surface area contributed by atoms with Crippen molar-refractivity contribution in [3.05, 3.63) is 11.1 Å². The van der Waals surface area contributed by atoms with Gasteiger partial charge in [0, 0.05) is 34.2 Å². The molecule has 1 rings (SSSR count). The van der Waals surface area contributed by atoms with Crippen LogP contribution in [-0.2, 0) is 26.8 Å². The molecule has 0 amide bonds. The number of nitrogens with one attached hydrogen (secondary N) is 1. The monoisotopic (exact) mass is 290 g/mol. The van der Waals surface area contributed by atoms with Gasteiger partial charge in [-0.05, 0) is 6.42 Å². The van der Waals surface area contributed by atoms with Gasteiger partial charge in [-0.15, -0.1) is 11.3 Å². The minimum atomic E-state index is -0.790. The summed E-state index contributed by atoms with van der Waals surface area (Å²) in [6.45, 7) is 2.69. The van der Waals surface area contributed by atoms with E-state index in [2.05, 4.69) is 15.0 Å². The van der Waals surface area contributed by atoms with Crippen molar-refractivity contribution in [2.24, 2.45) is 0 Å². The molecule has 0 fully saturated rings. The largest absolute Gasteiger partial charge is 0.469 e. The van der Waals surface area contributed by atoms with Gasteiger partial charge in [0.15, 0.2) is 5.13 Å². The van der Waals surface area contributed by atoms with Crippen LogP contribution < -0.4 is 5.32 Å². The molecule has 1 heterocycles. The first kappa shape index (κ1) is 15.1. The van der Waals surface area contributed by atoms with Gasteiger partial charge in [-0.3, -0.25) is 9.00 Å². The number of esters is 1. The Morgan fingerprint density at radius 1 is 1.67 bits per heavy atom. The Morgan fingerprint density at radius 2 is 2.39 bits per heavy atom. The van der Waals surface area contributed by atoms with Crippen molar-refractivity contribution in [2.75, 3.05) is 25.2 Å². The summed E-state index contributed by atoms with van der Waals surface area (Å²) in [5.41, 5.74) is 0.710. The first-order valence-electron chi connectivity index (χ1n) is 5.60. The Bertz CT molecular complexity index is 420. The summed E-state index contributed by atoms with van der Waals surface area (Å²) in [7, 11) is 0.571. The summed E-state index contributed by atoms with van der Waals surface area (Å²) in [5, 5.41) is 5.95. The molecule has 18 heavy (non-hydrogen) atoms. The Morgan fingerprint density at radius 3 is 3.00 bits per heavy atom. The number of hydrogen-bond donors (Lipinski definition) is 1. The number of rotatable bonds is 7. The van der Waals surface area contributed by atoms with E-state index in [0.29, 0.717) is 5.69 Å². The van der Waals surface area contributed by atoms with Crippen molar-refractivity contribution in [3.8, 4) is 0 Å². The van der Waals surface area contributed by atoms with Crippen LogP contribution in [0.5, 0.6) is 0 Å². The van der Waals surface area contributed by atoms with Gasteiger partial charge in [0.25, 0.3) is 0 Å². The Kier molecular flexibility index (Phi) is 6.28. The van der Waals surface area contributed by atoms with E-state index >= 15 is 0 Å². The van der Waals surface area contributed by atoms with E-state index in [9.17, 15) is 9.00 Å². The average molecular weight is 290 g/mol. The van der Waals surface area contributed by atoms with Crippen molar-refractivity contribution in [3.63, 3.8) is 0 Å². The third-order valence-electron chi connectivity index (χ3n) is 2.50. The molecule has 0 aliphatic carbocycles. The van der Waals surface area contributed by atoms with Gasteiger partial charge in [-0.25, -0.2) is 4.98 Å². The second-order valence-corrected chi connectivity index (χ2v) is 6.58. The molecule has 0 aliphatic heterocycles. The number of hydrogen-bond acceptors (Lipinski definition) is 6. The van der Waals surface area contributed by atoms with Crippen LogP contribution >= 0.6 is 11.3 Å². The van der Waals surface area contributed by atoms with E-state index in [-0.39, 0.29) is 17.6 Å². The molecule has 102 valence electrons. The number of aromatic nitrogens is 1. The topological polar surface area (TPSA) is 68.3 Å². The van der Waals surface area contributed by atoms with Crippen molar-refractivity contribution >= 4 is 33.2 Å². The molecule has 0 saturated carbocycles. The average Bonchev–Trinajstić information content (AvgIpc) is 2.76. The highest BCUT2D eigenvalue weighted by Crippen LogP contribution is 2.16. The number of anilines is 1. The van der Waals surface area contributed by atoms with E-state index in [1.165, 1.54) is 18.4 Å². The van der Waals surface area contributed by atoms with Gasteiger partial charge in [0.1, 0.15) is 0 Å². The normalized spacial score (nSPS) is 13.9. The second-order valence-electron chi connectivity index (χ2n) is 3.92. The number of methoxy groups -OCH3 is 1. The fraction of sp³-hybridized carbons (Fsp3) is 0.636. The minimum absolute atomic E-state index is 0.173. The lowest BCUT2D eigenvalue weighted by Crippen LogP contribution is -2.14. The maximum absolute atomic E-state index is 11.2. The predicted octanol–water partition coefficient (Wildman–Crippen LogP) is 1.43. The van der Waals surface area contributed by atoms with Crippen molar-refractivity contribution < 1.29 is 13.7 Å². The van der Waals surface area contributed by atoms with Gasteiger partial charge in [0.2, 0.25) is 0 Å². The lowest BCUT2D eigenvalue weighted by molar-refractivity contribution is -0.139. The summed E-state index contributed by atoms with van der Waals surface area (Å²) in [6, 6.07) is 0. The molecular formula is C11H18N2O3S2. The highest BCUT2D eigenvalue weighted by Gasteiger charge is 2.08. The third-order valence-corrected chi connectivity index (χ3v) is 4.72. The molecule has 0 bridgehead atoms. The van der Waals surface area contributed by atoms with Crippen LogP contribution in [-0.4, -0.2) is 40.3 Å².